The van der Waals surface area contributed by atoms with Gasteiger partial charge in [-0.3, -0.25) is 14.5 Å². The molecule has 2 atom stereocenters. The minimum Gasteiger partial charge on any atom is -0.348 e. The molecule has 3 rings (SSSR count). The highest BCUT2D eigenvalue weighted by molar-refractivity contribution is 7.90. The summed E-state index contributed by atoms with van der Waals surface area (Å²) in [6.07, 6.45) is 1.07. The smallest absolute Gasteiger partial charge is 0.325 e. The summed E-state index contributed by atoms with van der Waals surface area (Å²) in [6.45, 7) is 2.69. The molecule has 4 amide bonds. The molecule has 2 aromatic rings. The van der Waals surface area contributed by atoms with Crippen molar-refractivity contribution in [3.05, 3.63) is 65.5 Å². The van der Waals surface area contributed by atoms with E-state index in [1.165, 1.54) is 55.5 Å². The highest BCUT2D eigenvalue weighted by Gasteiger charge is 2.49. The molecule has 10 heteroatoms. The van der Waals surface area contributed by atoms with E-state index in [0.717, 1.165) is 11.2 Å². The summed E-state index contributed by atoms with van der Waals surface area (Å²) in [5, 5.41) is 5.24. The van der Waals surface area contributed by atoms with Gasteiger partial charge in [-0.2, -0.15) is 0 Å². The minimum absolute atomic E-state index is 0.0858. The maximum Gasteiger partial charge on any atom is 0.325 e. The van der Waals surface area contributed by atoms with Gasteiger partial charge < -0.3 is 10.6 Å². The van der Waals surface area contributed by atoms with Crippen LogP contribution in [0.4, 0.5) is 9.18 Å². The zero-order chi connectivity index (χ0) is 23.0. The summed E-state index contributed by atoms with van der Waals surface area (Å²) in [7, 11) is -3.41. The summed E-state index contributed by atoms with van der Waals surface area (Å²) in [4.78, 5) is 38.7. The molecule has 164 valence electrons. The Hall–Kier alpha value is -3.27. The molecule has 1 fully saturated rings. The molecule has 2 N–H and O–H groups in total. The molecule has 2 unspecified atom stereocenters. The molecule has 0 radical (unpaired) electrons. The number of rotatable bonds is 6. The van der Waals surface area contributed by atoms with Gasteiger partial charge in [0.2, 0.25) is 5.91 Å². The summed E-state index contributed by atoms with van der Waals surface area (Å²) < 4.78 is 36.3. The van der Waals surface area contributed by atoms with Crippen LogP contribution in [0.5, 0.6) is 0 Å². The van der Waals surface area contributed by atoms with Crippen LogP contribution in [0.1, 0.15) is 31.0 Å². The van der Waals surface area contributed by atoms with Crippen molar-refractivity contribution in [1.29, 1.82) is 0 Å². The molecule has 0 aliphatic carbocycles. The third-order valence-electron chi connectivity index (χ3n) is 5.18. The SMILES string of the molecule is CC(NC(=O)CN1C(=O)NC(C)(c2ccc(S(C)(=O)=O)cc2)C1=O)c1ccc(F)cc1. The number of imide groups is 1. The van der Waals surface area contributed by atoms with Gasteiger partial charge in [0.15, 0.2) is 9.84 Å². The van der Waals surface area contributed by atoms with Gasteiger partial charge in [0.1, 0.15) is 17.9 Å². The van der Waals surface area contributed by atoms with E-state index in [4.69, 9.17) is 0 Å². The summed E-state index contributed by atoms with van der Waals surface area (Å²) in [5.41, 5.74) is -0.376. The number of carbonyl (C=O) groups is 3. The second-order valence-corrected chi connectivity index (χ2v) is 9.60. The van der Waals surface area contributed by atoms with Gasteiger partial charge in [-0.05, 0) is 49.2 Å². The Morgan fingerprint density at radius 3 is 2.26 bits per heavy atom. The standard InChI is InChI=1S/C21H22FN3O5S/c1-13(14-4-8-16(22)9-5-14)23-18(26)12-25-19(27)21(2,24-20(25)28)15-6-10-17(11-7-15)31(3,29)30/h4-11,13H,12H2,1-3H3,(H,23,26)(H,24,28). The summed E-state index contributed by atoms with van der Waals surface area (Å²) >= 11 is 0. The number of sulfone groups is 1. The normalized spacial score (nSPS) is 19.8. The van der Waals surface area contributed by atoms with E-state index in [9.17, 15) is 27.2 Å². The van der Waals surface area contributed by atoms with Crippen LogP contribution >= 0.6 is 0 Å². The lowest BCUT2D eigenvalue weighted by Crippen LogP contribution is -2.43. The number of hydrogen-bond acceptors (Lipinski definition) is 5. The molecule has 0 aromatic heterocycles. The van der Waals surface area contributed by atoms with Gasteiger partial charge >= 0.3 is 6.03 Å². The van der Waals surface area contributed by atoms with Crippen LogP contribution in [0.2, 0.25) is 0 Å². The molecule has 0 spiro atoms. The molecular formula is C21H22FN3O5S. The maximum atomic E-state index is 13.1. The van der Waals surface area contributed by atoms with Crippen LogP contribution in [0.3, 0.4) is 0 Å². The minimum atomic E-state index is -3.41. The number of halogens is 1. The molecule has 1 aliphatic rings. The van der Waals surface area contributed by atoms with E-state index in [0.29, 0.717) is 11.1 Å². The van der Waals surface area contributed by atoms with Gasteiger partial charge in [0.25, 0.3) is 5.91 Å². The number of benzene rings is 2. The van der Waals surface area contributed by atoms with E-state index in [-0.39, 0.29) is 4.90 Å². The lowest BCUT2D eigenvalue weighted by atomic mass is 9.92. The monoisotopic (exact) mass is 447 g/mol. The van der Waals surface area contributed by atoms with Crippen molar-refractivity contribution in [3.8, 4) is 0 Å². The largest absolute Gasteiger partial charge is 0.348 e. The van der Waals surface area contributed by atoms with Crippen LogP contribution in [-0.4, -0.2) is 44.0 Å². The van der Waals surface area contributed by atoms with E-state index in [1.807, 2.05) is 0 Å². The molecular weight excluding hydrogens is 425 g/mol. The van der Waals surface area contributed by atoms with Crippen molar-refractivity contribution < 1.29 is 27.2 Å². The number of carbonyl (C=O) groups excluding carboxylic acids is 3. The zero-order valence-electron chi connectivity index (χ0n) is 17.2. The average Bonchev–Trinajstić information content (AvgIpc) is 2.92. The van der Waals surface area contributed by atoms with Crippen LogP contribution in [-0.2, 0) is 25.0 Å². The summed E-state index contributed by atoms with van der Waals surface area (Å²) in [5.74, 6) is -1.59. The third kappa shape index (κ3) is 4.58. The fourth-order valence-electron chi connectivity index (χ4n) is 3.34. The Morgan fingerprint density at radius 1 is 1.13 bits per heavy atom. The average molecular weight is 447 g/mol. The highest BCUT2D eigenvalue weighted by atomic mass is 32.2. The highest BCUT2D eigenvalue weighted by Crippen LogP contribution is 2.29. The molecule has 31 heavy (non-hydrogen) atoms. The Balaban J connectivity index is 1.72. The number of nitrogens with one attached hydrogen (secondary N) is 2. The Morgan fingerprint density at radius 2 is 1.71 bits per heavy atom. The van der Waals surface area contributed by atoms with Crippen molar-refractivity contribution in [2.45, 2.75) is 30.3 Å². The second-order valence-electron chi connectivity index (χ2n) is 7.58. The van der Waals surface area contributed by atoms with Crippen molar-refractivity contribution in [3.63, 3.8) is 0 Å². The molecule has 1 heterocycles. The molecule has 0 saturated carbocycles. The molecule has 2 aromatic carbocycles. The number of hydrogen-bond donors (Lipinski definition) is 2. The molecule has 8 nitrogen and oxygen atoms in total. The van der Waals surface area contributed by atoms with Crippen LogP contribution in [0, 0.1) is 5.82 Å². The first-order chi connectivity index (χ1) is 14.4. The quantitative estimate of drug-likeness (QED) is 0.657. The molecule has 0 bridgehead atoms. The van der Waals surface area contributed by atoms with Crippen molar-refractivity contribution in [1.82, 2.24) is 15.5 Å². The second kappa shape index (κ2) is 8.10. The van der Waals surface area contributed by atoms with Gasteiger partial charge in [-0.15, -0.1) is 0 Å². The van der Waals surface area contributed by atoms with Crippen molar-refractivity contribution in [2.24, 2.45) is 0 Å². The van der Waals surface area contributed by atoms with Crippen LogP contribution < -0.4 is 10.6 Å². The van der Waals surface area contributed by atoms with E-state index >= 15 is 0 Å². The van der Waals surface area contributed by atoms with Crippen LogP contribution in [0.25, 0.3) is 0 Å². The van der Waals surface area contributed by atoms with Crippen molar-refractivity contribution in [2.75, 3.05) is 12.8 Å². The summed E-state index contributed by atoms with van der Waals surface area (Å²) in [6, 6.07) is 10.0. The first-order valence-electron chi connectivity index (χ1n) is 9.41. The van der Waals surface area contributed by atoms with Gasteiger partial charge in [-0.25, -0.2) is 17.6 Å². The molecule has 1 aliphatic heterocycles. The number of urea groups is 1. The maximum absolute atomic E-state index is 13.1. The van der Waals surface area contributed by atoms with E-state index < -0.39 is 51.6 Å². The third-order valence-corrected chi connectivity index (χ3v) is 6.31. The fraction of sp³-hybridized carbons (Fsp3) is 0.286. The Kier molecular flexibility index (Phi) is 5.86. The van der Waals surface area contributed by atoms with Crippen molar-refractivity contribution >= 4 is 27.7 Å². The number of nitrogens with zero attached hydrogens (tertiary/aromatic N) is 1. The molecule has 1 saturated heterocycles. The Bertz CT molecular complexity index is 1130. The predicted molar refractivity (Wildman–Crippen MR) is 110 cm³/mol. The van der Waals surface area contributed by atoms with Gasteiger partial charge in [0.05, 0.1) is 10.9 Å². The first-order valence-corrected chi connectivity index (χ1v) is 11.3. The zero-order valence-corrected chi connectivity index (χ0v) is 18.0. The predicted octanol–water partition coefficient (Wildman–Crippen LogP) is 1.87. The lowest BCUT2D eigenvalue weighted by molar-refractivity contribution is -0.135. The van der Waals surface area contributed by atoms with Gasteiger partial charge in [0, 0.05) is 6.26 Å². The van der Waals surface area contributed by atoms with Gasteiger partial charge in [-0.1, -0.05) is 24.3 Å². The topological polar surface area (TPSA) is 113 Å². The Labute approximate surface area is 179 Å². The van der Waals surface area contributed by atoms with E-state index in [1.54, 1.807) is 6.92 Å². The lowest BCUT2D eigenvalue weighted by Gasteiger charge is -2.22. The first kappa shape index (κ1) is 22.4. The fourth-order valence-corrected chi connectivity index (χ4v) is 3.97. The van der Waals surface area contributed by atoms with Crippen LogP contribution in [0.15, 0.2) is 53.4 Å². The van der Waals surface area contributed by atoms with E-state index in [2.05, 4.69) is 10.6 Å². The number of amides is 4.